The van der Waals surface area contributed by atoms with Crippen molar-refractivity contribution in [1.82, 2.24) is 14.8 Å². The number of aromatic nitrogens is 1. The van der Waals surface area contributed by atoms with Gasteiger partial charge in [-0.2, -0.15) is 0 Å². The van der Waals surface area contributed by atoms with Gasteiger partial charge in [-0.05, 0) is 43.5 Å². The van der Waals surface area contributed by atoms with Crippen molar-refractivity contribution in [2.75, 3.05) is 32.7 Å². The molecule has 0 aliphatic carbocycles. The highest BCUT2D eigenvalue weighted by molar-refractivity contribution is 5.10. The van der Waals surface area contributed by atoms with E-state index >= 15 is 0 Å². The summed E-state index contributed by atoms with van der Waals surface area (Å²) in [7, 11) is 0. The third kappa shape index (κ3) is 2.90. The highest BCUT2D eigenvalue weighted by Gasteiger charge is 2.28. The van der Waals surface area contributed by atoms with Crippen molar-refractivity contribution in [2.45, 2.75) is 31.7 Å². The van der Waals surface area contributed by atoms with Gasteiger partial charge < -0.3 is 4.90 Å². The molecule has 3 nitrogen and oxygen atoms in total. The Balaban J connectivity index is 1.49. The Bertz CT molecular complexity index is 365. The van der Waals surface area contributed by atoms with Gasteiger partial charge in [0.1, 0.15) is 0 Å². The molecule has 0 bridgehead atoms. The van der Waals surface area contributed by atoms with Crippen LogP contribution in [0.15, 0.2) is 24.5 Å². The number of piperidine rings is 1. The van der Waals surface area contributed by atoms with E-state index < -0.39 is 0 Å². The van der Waals surface area contributed by atoms with Gasteiger partial charge in [0.05, 0.1) is 0 Å². The molecule has 3 heteroatoms. The maximum atomic E-state index is 4.07. The fourth-order valence-electron chi connectivity index (χ4n) is 3.26. The second-order valence-corrected chi connectivity index (χ2v) is 5.59. The normalized spacial score (nSPS) is 25.9. The van der Waals surface area contributed by atoms with E-state index in [2.05, 4.69) is 26.9 Å². The highest BCUT2D eigenvalue weighted by atomic mass is 15.3. The number of hydrogen-bond donors (Lipinski definition) is 0. The zero-order chi connectivity index (χ0) is 12.2. The topological polar surface area (TPSA) is 19.4 Å². The van der Waals surface area contributed by atoms with Crippen LogP contribution < -0.4 is 0 Å². The molecule has 18 heavy (non-hydrogen) atoms. The van der Waals surface area contributed by atoms with E-state index in [-0.39, 0.29) is 0 Å². The summed E-state index contributed by atoms with van der Waals surface area (Å²) in [5.74, 6) is 0. The molecule has 2 fully saturated rings. The van der Waals surface area contributed by atoms with E-state index in [0.29, 0.717) is 0 Å². The molecule has 0 spiro atoms. The van der Waals surface area contributed by atoms with E-state index in [4.69, 9.17) is 0 Å². The molecular weight excluding hydrogens is 222 g/mol. The minimum Gasteiger partial charge on any atom is -0.300 e. The number of rotatable bonds is 3. The van der Waals surface area contributed by atoms with Gasteiger partial charge in [-0.3, -0.25) is 9.88 Å². The number of piperazine rings is 1. The molecule has 1 aromatic rings. The average molecular weight is 245 g/mol. The van der Waals surface area contributed by atoms with Crippen LogP contribution in [-0.4, -0.2) is 53.5 Å². The summed E-state index contributed by atoms with van der Waals surface area (Å²) in [6.45, 7) is 6.35. The molecule has 1 unspecified atom stereocenters. The predicted molar refractivity (Wildman–Crippen MR) is 73.6 cm³/mol. The summed E-state index contributed by atoms with van der Waals surface area (Å²) in [5, 5.41) is 0. The first kappa shape index (κ1) is 12.1. The summed E-state index contributed by atoms with van der Waals surface area (Å²) in [4.78, 5) is 9.42. The molecule has 2 aliphatic rings. The first-order valence-electron chi connectivity index (χ1n) is 7.27. The van der Waals surface area contributed by atoms with Gasteiger partial charge in [-0.15, -0.1) is 0 Å². The van der Waals surface area contributed by atoms with E-state index in [1.54, 1.807) is 0 Å². The predicted octanol–water partition coefficient (Wildman–Crippen LogP) is 1.79. The Kier molecular flexibility index (Phi) is 3.91. The van der Waals surface area contributed by atoms with Gasteiger partial charge >= 0.3 is 0 Å². The zero-order valence-electron chi connectivity index (χ0n) is 11.1. The van der Waals surface area contributed by atoms with Gasteiger partial charge in [0, 0.05) is 44.6 Å². The lowest BCUT2D eigenvalue weighted by molar-refractivity contribution is 0.0500. The minimum absolute atomic E-state index is 0.838. The van der Waals surface area contributed by atoms with Crippen LogP contribution in [0.3, 0.4) is 0 Å². The summed E-state index contributed by atoms with van der Waals surface area (Å²) >= 11 is 0. The van der Waals surface area contributed by atoms with Crippen LogP contribution in [0, 0.1) is 0 Å². The van der Waals surface area contributed by atoms with Gasteiger partial charge in [-0.25, -0.2) is 0 Å². The molecule has 0 saturated carbocycles. The van der Waals surface area contributed by atoms with Crippen LogP contribution in [0.1, 0.15) is 24.8 Å². The first-order valence-corrected chi connectivity index (χ1v) is 7.27. The largest absolute Gasteiger partial charge is 0.300 e. The second kappa shape index (κ2) is 5.81. The monoisotopic (exact) mass is 245 g/mol. The maximum Gasteiger partial charge on any atom is 0.0270 e. The van der Waals surface area contributed by atoms with Crippen molar-refractivity contribution < 1.29 is 0 Å². The SMILES string of the molecule is c1cc(CCN2CCN3CCCCC3C2)ccn1. The van der Waals surface area contributed by atoms with Crippen molar-refractivity contribution in [2.24, 2.45) is 0 Å². The molecule has 0 N–H and O–H groups in total. The third-order valence-electron chi connectivity index (χ3n) is 4.39. The highest BCUT2D eigenvalue weighted by Crippen LogP contribution is 2.21. The smallest absolute Gasteiger partial charge is 0.0270 e. The first-order chi connectivity index (χ1) is 8.92. The Morgan fingerprint density at radius 3 is 2.89 bits per heavy atom. The van der Waals surface area contributed by atoms with E-state index in [0.717, 1.165) is 12.5 Å². The lowest BCUT2D eigenvalue weighted by Crippen LogP contribution is -2.55. The summed E-state index contributed by atoms with van der Waals surface area (Å²) < 4.78 is 0. The maximum absolute atomic E-state index is 4.07. The molecule has 0 aromatic carbocycles. The molecular formula is C15H23N3. The van der Waals surface area contributed by atoms with Crippen molar-refractivity contribution in [1.29, 1.82) is 0 Å². The molecule has 0 radical (unpaired) electrons. The molecule has 98 valence electrons. The van der Waals surface area contributed by atoms with E-state index in [1.807, 2.05) is 12.4 Å². The average Bonchev–Trinajstić information content (AvgIpc) is 2.46. The van der Waals surface area contributed by atoms with Crippen molar-refractivity contribution in [3.05, 3.63) is 30.1 Å². The molecule has 2 saturated heterocycles. The zero-order valence-corrected chi connectivity index (χ0v) is 11.1. The molecule has 1 atom stereocenters. The lowest BCUT2D eigenvalue weighted by Gasteiger charge is -2.44. The standard InChI is InChI=1S/C15H23N3/c1-2-9-18-12-11-17(13-15(18)3-1)10-6-14-4-7-16-8-5-14/h4-5,7-8,15H,1-3,6,9-13H2. The van der Waals surface area contributed by atoms with Gasteiger partial charge in [0.2, 0.25) is 0 Å². The Morgan fingerprint density at radius 1 is 1.11 bits per heavy atom. The van der Waals surface area contributed by atoms with Gasteiger partial charge in [0.15, 0.2) is 0 Å². The van der Waals surface area contributed by atoms with E-state index in [1.165, 1.54) is 57.5 Å². The number of nitrogens with zero attached hydrogens (tertiary/aromatic N) is 3. The van der Waals surface area contributed by atoms with Crippen LogP contribution in [0.5, 0.6) is 0 Å². The summed E-state index contributed by atoms with van der Waals surface area (Å²) in [6, 6.07) is 5.11. The minimum atomic E-state index is 0.838. The van der Waals surface area contributed by atoms with Crippen molar-refractivity contribution >= 4 is 0 Å². The molecule has 3 rings (SSSR count). The fraction of sp³-hybridized carbons (Fsp3) is 0.667. The van der Waals surface area contributed by atoms with Crippen LogP contribution in [0.2, 0.25) is 0 Å². The molecule has 0 amide bonds. The van der Waals surface area contributed by atoms with Gasteiger partial charge in [-0.1, -0.05) is 6.42 Å². The third-order valence-corrected chi connectivity index (χ3v) is 4.39. The Labute approximate surface area is 110 Å². The lowest BCUT2D eigenvalue weighted by atomic mass is 9.99. The van der Waals surface area contributed by atoms with Crippen molar-refractivity contribution in [3.8, 4) is 0 Å². The molecule has 3 heterocycles. The summed E-state index contributed by atoms with van der Waals surface area (Å²) in [5.41, 5.74) is 1.41. The van der Waals surface area contributed by atoms with Crippen LogP contribution in [-0.2, 0) is 6.42 Å². The quantitative estimate of drug-likeness (QED) is 0.809. The van der Waals surface area contributed by atoms with Crippen LogP contribution in [0.25, 0.3) is 0 Å². The Morgan fingerprint density at radius 2 is 2.00 bits per heavy atom. The number of pyridine rings is 1. The van der Waals surface area contributed by atoms with Crippen molar-refractivity contribution in [3.63, 3.8) is 0 Å². The number of hydrogen-bond acceptors (Lipinski definition) is 3. The Hall–Kier alpha value is -0.930. The van der Waals surface area contributed by atoms with Gasteiger partial charge in [0.25, 0.3) is 0 Å². The molecule has 1 aromatic heterocycles. The summed E-state index contributed by atoms with van der Waals surface area (Å²) in [6.07, 6.45) is 9.21. The van der Waals surface area contributed by atoms with Crippen LogP contribution >= 0.6 is 0 Å². The fourth-order valence-corrected chi connectivity index (χ4v) is 3.26. The van der Waals surface area contributed by atoms with Crippen LogP contribution in [0.4, 0.5) is 0 Å². The van der Waals surface area contributed by atoms with E-state index in [9.17, 15) is 0 Å². The number of fused-ring (bicyclic) bond motifs is 1. The second-order valence-electron chi connectivity index (χ2n) is 5.59. The molecule has 2 aliphatic heterocycles.